The van der Waals surface area contributed by atoms with Gasteiger partial charge in [0.15, 0.2) is 0 Å². The lowest BCUT2D eigenvalue weighted by Gasteiger charge is -2.32. The third kappa shape index (κ3) is 2.79. The van der Waals surface area contributed by atoms with Gasteiger partial charge in [-0.2, -0.15) is 0 Å². The Morgan fingerprint density at radius 3 is 2.94 bits per heavy atom. The zero-order valence-corrected chi connectivity index (χ0v) is 10.6. The molecule has 0 unspecified atom stereocenters. The van der Waals surface area contributed by atoms with E-state index < -0.39 is 0 Å². The lowest BCUT2D eigenvalue weighted by atomic mass is 9.87. The number of methoxy groups -OCH3 is 1. The first-order chi connectivity index (χ1) is 8.24. The first-order valence-corrected chi connectivity index (χ1v) is 6.21. The Bertz CT molecular complexity index is 378. The van der Waals surface area contributed by atoms with E-state index >= 15 is 0 Å². The van der Waals surface area contributed by atoms with Gasteiger partial charge in [-0.3, -0.25) is 0 Å². The van der Waals surface area contributed by atoms with Gasteiger partial charge in [0.25, 0.3) is 0 Å². The van der Waals surface area contributed by atoms with E-state index in [4.69, 9.17) is 9.84 Å². The van der Waals surface area contributed by atoms with Crippen molar-refractivity contribution in [2.24, 2.45) is 0 Å². The molecule has 0 heterocycles. The molecule has 1 atom stereocenters. The molecule has 0 saturated carbocycles. The van der Waals surface area contributed by atoms with Crippen molar-refractivity contribution in [1.82, 2.24) is 4.90 Å². The van der Waals surface area contributed by atoms with Crippen molar-refractivity contribution in [3.63, 3.8) is 0 Å². The van der Waals surface area contributed by atoms with Crippen LogP contribution < -0.4 is 4.74 Å². The second-order valence-electron chi connectivity index (χ2n) is 4.74. The molecule has 17 heavy (non-hydrogen) atoms. The van der Waals surface area contributed by atoms with Gasteiger partial charge in [-0.15, -0.1) is 0 Å². The highest BCUT2D eigenvalue weighted by atomic mass is 16.5. The number of benzene rings is 1. The van der Waals surface area contributed by atoms with Crippen LogP contribution in [0.3, 0.4) is 0 Å². The van der Waals surface area contributed by atoms with E-state index in [2.05, 4.69) is 24.1 Å². The van der Waals surface area contributed by atoms with E-state index in [0.29, 0.717) is 6.04 Å². The number of aliphatic hydroxyl groups excluding tert-OH is 1. The zero-order valence-electron chi connectivity index (χ0n) is 10.6. The van der Waals surface area contributed by atoms with Crippen molar-refractivity contribution in [3.8, 4) is 5.75 Å². The lowest BCUT2D eigenvalue weighted by molar-refractivity contribution is 0.169. The summed E-state index contributed by atoms with van der Waals surface area (Å²) in [6.45, 7) is 0.999. The fourth-order valence-electron chi connectivity index (χ4n) is 2.56. The SMILES string of the molecule is COc1ccc2c(c1)CC[C@H](N(C)CCO)C2. The van der Waals surface area contributed by atoms with Crippen LogP contribution in [-0.2, 0) is 12.8 Å². The minimum absolute atomic E-state index is 0.239. The molecule has 1 aromatic rings. The van der Waals surface area contributed by atoms with E-state index in [1.165, 1.54) is 11.1 Å². The van der Waals surface area contributed by atoms with Gasteiger partial charge in [0.05, 0.1) is 13.7 Å². The predicted molar refractivity (Wildman–Crippen MR) is 68.5 cm³/mol. The number of rotatable bonds is 4. The molecule has 1 aliphatic rings. The van der Waals surface area contributed by atoms with Crippen LogP contribution in [0.2, 0.25) is 0 Å². The molecule has 0 fully saturated rings. The van der Waals surface area contributed by atoms with Crippen LogP contribution in [0.25, 0.3) is 0 Å². The summed E-state index contributed by atoms with van der Waals surface area (Å²) < 4.78 is 5.25. The summed E-state index contributed by atoms with van der Waals surface area (Å²) in [4.78, 5) is 2.26. The molecule has 0 bridgehead atoms. The molecule has 0 amide bonds. The Hall–Kier alpha value is -1.06. The monoisotopic (exact) mass is 235 g/mol. The van der Waals surface area contributed by atoms with Crippen molar-refractivity contribution in [2.45, 2.75) is 25.3 Å². The number of nitrogens with zero attached hydrogens (tertiary/aromatic N) is 1. The highest BCUT2D eigenvalue weighted by Crippen LogP contribution is 2.27. The molecule has 0 aliphatic heterocycles. The molecule has 3 heteroatoms. The van der Waals surface area contributed by atoms with Crippen LogP contribution in [0.4, 0.5) is 0 Å². The van der Waals surface area contributed by atoms with Gasteiger partial charge in [-0.05, 0) is 49.6 Å². The first kappa shape index (κ1) is 12.4. The number of hydrogen-bond acceptors (Lipinski definition) is 3. The van der Waals surface area contributed by atoms with Crippen molar-refractivity contribution in [1.29, 1.82) is 0 Å². The highest BCUT2D eigenvalue weighted by molar-refractivity contribution is 5.37. The van der Waals surface area contributed by atoms with E-state index in [1.807, 2.05) is 6.07 Å². The first-order valence-electron chi connectivity index (χ1n) is 6.21. The number of hydrogen-bond donors (Lipinski definition) is 1. The Balaban J connectivity index is 2.08. The fraction of sp³-hybridized carbons (Fsp3) is 0.571. The summed E-state index contributed by atoms with van der Waals surface area (Å²) in [5.74, 6) is 0.950. The minimum atomic E-state index is 0.239. The smallest absolute Gasteiger partial charge is 0.119 e. The molecule has 0 spiro atoms. The largest absolute Gasteiger partial charge is 0.497 e. The van der Waals surface area contributed by atoms with Gasteiger partial charge in [0.2, 0.25) is 0 Å². The zero-order chi connectivity index (χ0) is 12.3. The average Bonchev–Trinajstić information content (AvgIpc) is 2.37. The summed E-state index contributed by atoms with van der Waals surface area (Å²) >= 11 is 0. The van der Waals surface area contributed by atoms with Gasteiger partial charge in [-0.25, -0.2) is 0 Å². The van der Waals surface area contributed by atoms with Crippen LogP contribution in [0.15, 0.2) is 18.2 Å². The molecule has 0 radical (unpaired) electrons. The summed E-state index contributed by atoms with van der Waals surface area (Å²) in [5.41, 5.74) is 2.84. The van der Waals surface area contributed by atoms with Crippen molar-refractivity contribution in [2.75, 3.05) is 27.3 Å². The summed E-state index contributed by atoms with van der Waals surface area (Å²) in [6.07, 6.45) is 3.35. The van der Waals surface area contributed by atoms with E-state index in [1.54, 1.807) is 7.11 Å². The molecular formula is C14H21NO2. The standard InChI is InChI=1S/C14H21NO2/c1-15(7-8-16)13-5-3-12-10-14(17-2)6-4-11(12)9-13/h4,6,10,13,16H,3,5,7-9H2,1-2H3/t13-/m0/s1. The molecule has 1 aromatic carbocycles. The Morgan fingerprint density at radius 1 is 1.41 bits per heavy atom. The normalized spacial score (nSPS) is 19.2. The van der Waals surface area contributed by atoms with E-state index in [-0.39, 0.29) is 6.61 Å². The second kappa shape index (κ2) is 5.52. The maximum Gasteiger partial charge on any atom is 0.119 e. The number of likely N-dealkylation sites (N-methyl/N-ethyl adjacent to an activating group) is 1. The molecular weight excluding hydrogens is 214 g/mol. The van der Waals surface area contributed by atoms with Crippen LogP contribution in [0.1, 0.15) is 17.5 Å². The van der Waals surface area contributed by atoms with Gasteiger partial charge in [0, 0.05) is 12.6 Å². The van der Waals surface area contributed by atoms with Gasteiger partial charge in [0.1, 0.15) is 5.75 Å². The van der Waals surface area contributed by atoms with Crippen LogP contribution >= 0.6 is 0 Å². The fourth-order valence-corrected chi connectivity index (χ4v) is 2.56. The highest BCUT2D eigenvalue weighted by Gasteiger charge is 2.21. The van der Waals surface area contributed by atoms with Crippen LogP contribution in [0.5, 0.6) is 5.75 Å². The number of aliphatic hydroxyl groups is 1. The molecule has 0 saturated heterocycles. The second-order valence-corrected chi connectivity index (χ2v) is 4.74. The van der Waals surface area contributed by atoms with Gasteiger partial charge in [-0.1, -0.05) is 6.07 Å². The van der Waals surface area contributed by atoms with Gasteiger partial charge < -0.3 is 14.7 Å². The lowest BCUT2D eigenvalue weighted by Crippen LogP contribution is -2.38. The molecule has 3 nitrogen and oxygen atoms in total. The minimum Gasteiger partial charge on any atom is -0.497 e. The maximum absolute atomic E-state index is 8.97. The quantitative estimate of drug-likeness (QED) is 0.858. The number of ether oxygens (including phenoxy) is 1. The number of aryl methyl sites for hydroxylation is 1. The predicted octanol–water partition coefficient (Wildman–Crippen LogP) is 1.48. The number of fused-ring (bicyclic) bond motifs is 1. The molecule has 0 aromatic heterocycles. The van der Waals surface area contributed by atoms with Crippen molar-refractivity contribution in [3.05, 3.63) is 29.3 Å². The Kier molecular flexibility index (Phi) is 4.02. The Morgan fingerprint density at radius 2 is 2.24 bits per heavy atom. The van der Waals surface area contributed by atoms with Crippen molar-refractivity contribution < 1.29 is 9.84 Å². The topological polar surface area (TPSA) is 32.7 Å². The summed E-state index contributed by atoms with van der Waals surface area (Å²) in [7, 11) is 3.80. The Labute approximate surface area is 103 Å². The van der Waals surface area contributed by atoms with Crippen LogP contribution in [0, 0.1) is 0 Å². The molecule has 1 N–H and O–H groups in total. The molecule has 94 valence electrons. The third-order valence-electron chi connectivity index (χ3n) is 3.69. The van der Waals surface area contributed by atoms with E-state index in [9.17, 15) is 0 Å². The average molecular weight is 235 g/mol. The third-order valence-corrected chi connectivity index (χ3v) is 3.69. The van der Waals surface area contributed by atoms with Gasteiger partial charge >= 0.3 is 0 Å². The molecule has 2 rings (SSSR count). The summed E-state index contributed by atoms with van der Waals surface area (Å²) in [5, 5.41) is 8.97. The van der Waals surface area contributed by atoms with E-state index in [0.717, 1.165) is 31.6 Å². The van der Waals surface area contributed by atoms with Crippen molar-refractivity contribution >= 4 is 0 Å². The molecule has 1 aliphatic carbocycles. The van der Waals surface area contributed by atoms with Crippen LogP contribution in [-0.4, -0.2) is 43.4 Å². The summed E-state index contributed by atoms with van der Waals surface area (Å²) in [6, 6.07) is 6.92. The maximum atomic E-state index is 8.97.